The third-order valence-corrected chi connectivity index (χ3v) is 8.12. The number of carbonyl (C=O) groups is 3. The van der Waals surface area contributed by atoms with Crippen LogP contribution in [-0.4, -0.2) is 65.5 Å². The molecule has 0 spiro atoms. The van der Waals surface area contributed by atoms with Gasteiger partial charge in [-0.1, -0.05) is 46.4 Å². The van der Waals surface area contributed by atoms with Gasteiger partial charge < -0.3 is 31.5 Å². The van der Waals surface area contributed by atoms with Crippen molar-refractivity contribution < 1.29 is 14.4 Å². The predicted octanol–water partition coefficient (Wildman–Crippen LogP) is 5.44. The summed E-state index contributed by atoms with van der Waals surface area (Å²) < 4.78 is 0. The zero-order valence-electron chi connectivity index (χ0n) is 20.4. The molecule has 2 aliphatic heterocycles. The molecule has 204 valence electrons. The molecule has 2 heterocycles. The van der Waals surface area contributed by atoms with Crippen LogP contribution < -0.4 is 21.7 Å². The number of piperazine rings is 1. The number of hydrogen-bond donors (Lipinski definition) is 4. The van der Waals surface area contributed by atoms with Crippen molar-refractivity contribution in [2.45, 2.75) is 43.8 Å². The average molecular weight is 602 g/mol. The van der Waals surface area contributed by atoms with E-state index < -0.39 is 18.1 Å². The maximum Gasteiger partial charge on any atom is 0.322 e. The molecule has 5 N–H and O–H groups in total. The van der Waals surface area contributed by atoms with E-state index in [1.165, 1.54) is 0 Å². The van der Waals surface area contributed by atoms with Crippen molar-refractivity contribution >= 4 is 75.7 Å². The smallest absolute Gasteiger partial charge is 0.322 e. The maximum atomic E-state index is 13.5. The molecule has 0 bridgehead atoms. The normalized spacial score (nSPS) is 20.8. The Balaban J connectivity index is 1.43. The number of urea groups is 2. The van der Waals surface area contributed by atoms with Crippen molar-refractivity contribution in [1.82, 2.24) is 15.1 Å². The fourth-order valence-corrected chi connectivity index (χ4v) is 5.42. The molecular weight excluding hydrogens is 574 g/mol. The summed E-state index contributed by atoms with van der Waals surface area (Å²) in [7, 11) is 0. The van der Waals surface area contributed by atoms with Gasteiger partial charge in [-0.05, 0) is 68.6 Å². The van der Waals surface area contributed by atoms with Crippen molar-refractivity contribution in [3.63, 3.8) is 0 Å². The number of nitrogens with one attached hydrogen (secondary N) is 3. The van der Waals surface area contributed by atoms with Crippen LogP contribution in [0.4, 0.5) is 21.0 Å². The van der Waals surface area contributed by atoms with Gasteiger partial charge in [0.15, 0.2) is 0 Å². The van der Waals surface area contributed by atoms with Crippen molar-refractivity contribution in [2.24, 2.45) is 5.73 Å². The van der Waals surface area contributed by atoms with Crippen molar-refractivity contribution in [3.05, 3.63) is 56.5 Å². The van der Waals surface area contributed by atoms with Gasteiger partial charge in [0, 0.05) is 24.5 Å². The zero-order valence-corrected chi connectivity index (χ0v) is 23.4. The largest absolute Gasteiger partial charge is 0.334 e. The molecule has 4 rings (SSSR count). The summed E-state index contributed by atoms with van der Waals surface area (Å²) in [6, 6.07) is 7.63. The van der Waals surface area contributed by atoms with Crippen LogP contribution in [0.2, 0.25) is 20.1 Å². The van der Waals surface area contributed by atoms with Crippen LogP contribution >= 0.6 is 46.4 Å². The summed E-state index contributed by atoms with van der Waals surface area (Å²) in [5.74, 6) is -0.142. The number of nitrogens with two attached hydrogens (primary N) is 1. The van der Waals surface area contributed by atoms with E-state index in [4.69, 9.17) is 52.1 Å². The van der Waals surface area contributed by atoms with Crippen LogP contribution in [0, 0.1) is 0 Å². The van der Waals surface area contributed by atoms with Gasteiger partial charge >= 0.3 is 12.1 Å². The number of rotatable bonds is 7. The molecule has 2 aromatic rings. The Morgan fingerprint density at radius 3 is 2.13 bits per heavy atom. The third-order valence-electron chi connectivity index (χ3n) is 6.64. The molecule has 5 amide bonds. The molecule has 0 aromatic heterocycles. The van der Waals surface area contributed by atoms with Crippen molar-refractivity contribution in [1.29, 1.82) is 0 Å². The number of halogens is 4. The lowest BCUT2D eigenvalue weighted by Crippen LogP contribution is -2.62. The second-order valence-corrected chi connectivity index (χ2v) is 10.9. The molecule has 2 aromatic carbocycles. The first-order valence-corrected chi connectivity index (χ1v) is 13.7. The lowest BCUT2D eigenvalue weighted by molar-refractivity contribution is -0.141. The number of fused-ring (bicyclic) bond motifs is 1. The number of hydrogen-bond acceptors (Lipinski definition) is 4. The Hall–Kier alpha value is -2.43. The second-order valence-electron chi connectivity index (χ2n) is 9.32. The molecule has 2 aliphatic rings. The van der Waals surface area contributed by atoms with E-state index in [-0.39, 0.29) is 18.0 Å². The first-order valence-electron chi connectivity index (χ1n) is 12.2. The average Bonchev–Trinajstić information content (AvgIpc) is 3.27. The quantitative estimate of drug-likeness (QED) is 0.316. The molecule has 0 radical (unpaired) electrons. The number of anilines is 2. The SMILES string of the molecule is NCCCC[C@@H]1C(=O)N2C[C@H](NC(=O)Nc3ccc(Cl)c(Cl)c3)C[C@H]2CN1C(=O)Nc1ccc(Cl)c(Cl)c1. The summed E-state index contributed by atoms with van der Waals surface area (Å²) >= 11 is 24.0. The second kappa shape index (κ2) is 12.6. The standard InChI is InChI=1S/C25H28Cl4N6O3/c26-18-6-4-14(10-20(18)28)31-24(37)32-16-9-17-13-35(22(3-1-2-8-30)23(36)34(17)12-16)25(38)33-15-5-7-19(27)21(29)11-15/h4-7,10-11,16-17,22H,1-3,8-9,12-13,30H2,(H,33,38)(H2,31,32,37)/t16-,17+,22-/m1/s1. The Morgan fingerprint density at radius 2 is 1.53 bits per heavy atom. The molecule has 0 aliphatic carbocycles. The zero-order chi connectivity index (χ0) is 27.4. The molecule has 2 fully saturated rings. The van der Waals surface area contributed by atoms with Crippen LogP contribution in [-0.2, 0) is 4.79 Å². The van der Waals surface area contributed by atoms with Gasteiger partial charge in [0.05, 0.1) is 32.2 Å². The van der Waals surface area contributed by atoms with E-state index in [1.807, 2.05) is 0 Å². The van der Waals surface area contributed by atoms with Crippen LogP contribution in [0.15, 0.2) is 36.4 Å². The predicted molar refractivity (Wildman–Crippen MR) is 151 cm³/mol. The Kier molecular flexibility index (Phi) is 9.49. The molecule has 0 unspecified atom stereocenters. The molecule has 0 saturated carbocycles. The number of benzene rings is 2. The molecule has 9 nitrogen and oxygen atoms in total. The maximum absolute atomic E-state index is 13.5. The molecule has 13 heteroatoms. The summed E-state index contributed by atoms with van der Waals surface area (Å²) in [6.07, 6.45) is 2.45. The number of unbranched alkanes of at least 4 members (excludes halogenated alkanes) is 1. The summed E-state index contributed by atoms with van der Waals surface area (Å²) in [6.45, 7) is 1.19. The highest BCUT2D eigenvalue weighted by Crippen LogP contribution is 2.30. The Morgan fingerprint density at radius 1 is 0.895 bits per heavy atom. The van der Waals surface area contributed by atoms with Gasteiger partial charge in [0.1, 0.15) is 6.04 Å². The number of amides is 5. The van der Waals surface area contributed by atoms with E-state index in [9.17, 15) is 14.4 Å². The molecule has 3 atom stereocenters. The summed E-state index contributed by atoms with van der Waals surface area (Å²) in [5, 5.41) is 9.88. The number of nitrogens with zero attached hydrogens (tertiary/aromatic N) is 2. The fraction of sp³-hybridized carbons (Fsp3) is 0.400. The van der Waals surface area contributed by atoms with Crippen molar-refractivity contribution in [3.8, 4) is 0 Å². The van der Waals surface area contributed by atoms with Crippen LogP contribution in [0.1, 0.15) is 25.7 Å². The topological polar surface area (TPSA) is 120 Å². The van der Waals surface area contributed by atoms with Gasteiger partial charge in [0.25, 0.3) is 0 Å². The van der Waals surface area contributed by atoms with Crippen LogP contribution in [0.5, 0.6) is 0 Å². The minimum absolute atomic E-state index is 0.142. The van der Waals surface area contributed by atoms with E-state index in [0.717, 1.165) is 6.42 Å². The van der Waals surface area contributed by atoms with Crippen LogP contribution in [0.3, 0.4) is 0 Å². The molecular formula is C25H28Cl4N6O3. The van der Waals surface area contributed by atoms with E-state index >= 15 is 0 Å². The Labute approximate surface area is 240 Å². The third kappa shape index (κ3) is 6.76. The van der Waals surface area contributed by atoms with Crippen molar-refractivity contribution in [2.75, 3.05) is 30.3 Å². The highest BCUT2D eigenvalue weighted by atomic mass is 35.5. The molecule has 38 heavy (non-hydrogen) atoms. The fourth-order valence-electron chi connectivity index (χ4n) is 4.82. The van der Waals surface area contributed by atoms with E-state index in [2.05, 4.69) is 16.0 Å². The summed E-state index contributed by atoms with van der Waals surface area (Å²) in [5.41, 5.74) is 6.62. The van der Waals surface area contributed by atoms with Gasteiger partial charge in [-0.2, -0.15) is 0 Å². The first kappa shape index (κ1) is 28.6. The van der Waals surface area contributed by atoms with E-state index in [1.54, 1.807) is 46.2 Å². The van der Waals surface area contributed by atoms with Gasteiger partial charge in [-0.3, -0.25) is 4.79 Å². The minimum Gasteiger partial charge on any atom is -0.334 e. The highest BCUT2D eigenvalue weighted by Gasteiger charge is 2.47. The minimum atomic E-state index is -0.635. The van der Waals surface area contributed by atoms with Gasteiger partial charge in [-0.15, -0.1) is 0 Å². The summed E-state index contributed by atoms with van der Waals surface area (Å²) in [4.78, 5) is 42.8. The Bertz CT molecular complexity index is 1220. The van der Waals surface area contributed by atoms with E-state index in [0.29, 0.717) is 70.4 Å². The number of carbonyl (C=O) groups excluding carboxylic acids is 3. The first-order chi connectivity index (χ1) is 18.2. The lowest BCUT2D eigenvalue weighted by Gasteiger charge is -2.42. The van der Waals surface area contributed by atoms with Gasteiger partial charge in [0.2, 0.25) is 5.91 Å². The van der Waals surface area contributed by atoms with Crippen LogP contribution in [0.25, 0.3) is 0 Å². The highest BCUT2D eigenvalue weighted by molar-refractivity contribution is 6.42. The van der Waals surface area contributed by atoms with Gasteiger partial charge in [-0.25, -0.2) is 9.59 Å². The lowest BCUT2D eigenvalue weighted by atomic mass is 10.0. The molecule has 2 saturated heterocycles. The monoisotopic (exact) mass is 600 g/mol.